The number of anilines is 1. The summed E-state index contributed by atoms with van der Waals surface area (Å²) < 4.78 is 60.1. The Morgan fingerprint density at radius 2 is 0.817 bits per heavy atom. The summed E-state index contributed by atoms with van der Waals surface area (Å²) in [6.45, 7) is 16.0. The number of hydrogen-bond acceptors (Lipinski definition) is 17. The number of ether oxygens (including phenoxy) is 3. The Labute approximate surface area is 488 Å². The highest BCUT2D eigenvalue weighted by Gasteiger charge is 2.50. The molecule has 3 saturated carbocycles. The third-order valence-electron chi connectivity index (χ3n) is 14.8. The second-order valence-electron chi connectivity index (χ2n) is 24.2. The fraction of sp³-hybridized carbons (Fsp3) is 0.579. The van der Waals surface area contributed by atoms with Crippen molar-refractivity contribution in [1.82, 2.24) is 16.0 Å². The fourth-order valence-corrected chi connectivity index (χ4v) is 14.9. The molecule has 0 radical (unpaired) electrons. The van der Waals surface area contributed by atoms with Crippen molar-refractivity contribution in [3.05, 3.63) is 109 Å². The number of amidine groups is 3. The molecule has 25 heteroatoms. The van der Waals surface area contributed by atoms with Crippen LogP contribution < -0.4 is 21.7 Å². The first-order valence-corrected chi connectivity index (χ1v) is 30.5. The van der Waals surface area contributed by atoms with Gasteiger partial charge in [0.1, 0.15) is 34.3 Å². The van der Waals surface area contributed by atoms with Crippen LogP contribution in [-0.2, 0) is 30.8 Å². The minimum absolute atomic E-state index is 0.0481. The Kier molecular flexibility index (Phi) is 20.0. The van der Waals surface area contributed by atoms with Gasteiger partial charge >= 0.3 is 18.3 Å². The molecule has 5 N–H and O–H groups in total. The molecular formula is C57H74F3N9O10S3. The van der Waals surface area contributed by atoms with E-state index in [1.165, 1.54) is 53.5 Å². The topological polar surface area (TPSA) is 264 Å². The summed E-state index contributed by atoms with van der Waals surface area (Å²) in [7, 11) is 0. The van der Waals surface area contributed by atoms with Crippen LogP contribution in [0.4, 0.5) is 44.6 Å². The number of benzene rings is 3. The van der Waals surface area contributed by atoms with Crippen LogP contribution in [0.3, 0.4) is 0 Å². The second-order valence-corrected chi connectivity index (χ2v) is 27.3. The molecule has 0 spiro atoms. The third kappa shape index (κ3) is 15.8. The Bertz CT molecular complexity index is 2870. The highest BCUT2D eigenvalue weighted by molar-refractivity contribution is 8.14. The van der Waals surface area contributed by atoms with E-state index in [1.54, 1.807) is 53.7 Å². The standard InChI is InChI=1S/2C19H24FN3O4S.C19H26FN3O2S/c2*1-18(2,3)27-17(24)21-16-22-19(9-5-4-6-12(19)11-28-16)14-10-13(23(25)26)7-8-15(14)20;1-18(2,3)25-17(24)22-16-23-19(9-5-4-6-12(19)11-26-16)14-10-13(21)7-8-15(14)20/h2*7-8,10,12H,4-6,9,11H2,1-3H3,(H,21,22,24);7-8,10,12H,4-6,9,11,21H2,1-3H3,(H,22,23,24)/t3*12-,19?/m000/s1. The number of carbonyl (C=O) groups is 3. The molecule has 3 aromatic rings. The van der Waals surface area contributed by atoms with Crippen molar-refractivity contribution < 1.29 is 51.6 Å². The zero-order valence-electron chi connectivity index (χ0n) is 47.8. The average Bonchev–Trinajstić information content (AvgIpc) is 3.32. The van der Waals surface area contributed by atoms with Crippen molar-refractivity contribution in [1.29, 1.82) is 0 Å². The van der Waals surface area contributed by atoms with Crippen LogP contribution in [-0.4, -0.2) is 77.7 Å². The number of aliphatic imine (C=N–C) groups is 3. The molecule has 0 saturated heterocycles. The number of amides is 3. The van der Waals surface area contributed by atoms with Gasteiger partial charge in [0.2, 0.25) is 0 Å². The van der Waals surface area contributed by atoms with E-state index in [0.717, 1.165) is 94.2 Å². The fourth-order valence-electron chi connectivity index (χ4n) is 11.4. The molecular weight excluding hydrogens is 1120 g/mol. The van der Waals surface area contributed by atoms with Crippen molar-refractivity contribution in [2.45, 2.75) is 173 Å². The SMILES string of the molecule is CC(C)(C)OC(=O)NC1=NC2(c3cc(N)ccc3F)CCCC[C@H]2CS1.CC(C)(C)OC(=O)NC1=NC2(c3cc([N+](=O)[O-])ccc3F)CCCC[C@H]2CS1.CC(C)(C)OC(=O)NC1=NC2(c3cc([N+](=O)[O-])ccc3F)CCCC[C@H]2CS1. The largest absolute Gasteiger partial charge is 0.444 e. The first-order valence-electron chi connectivity index (χ1n) is 27.5. The lowest BCUT2D eigenvalue weighted by atomic mass is 9.69. The van der Waals surface area contributed by atoms with Crippen molar-refractivity contribution in [3.8, 4) is 0 Å². The van der Waals surface area contributed by atoms with Crippen LogP contribution in [0.1, 0.15) is 156 Å². The molecule has 3 aliphatic heterocycles. The summed E-state index contributed by atoms with van der Waals surface area (Å²) in [4.78, 5) is 72.1. The highest BCUT2D eigenvalue weighted by atomic mass is 32.2. The Morgan fingerprint density at radius 1 is 0.524 bits per heavy atom. The second kappa shape index (κ2) is 25.8. The van der Waals surface area contributed by atoms with Gasteiger partial charge in [0.05, 0.1) is 26.5 Å². The number of hydrogen-bond donors (Lipinski definition) is 4. The number of thioether (sulfide) groups is 3. The monoisotopic (exact) mass is 1200 g/mol. The smallest absolute Gasteiger partial charge is 0.413 e. The summed E-state index contributed by atoms with van der Waals surface area (Å²) in [5.41, 5.74) is 2.73. The maximum Gasteiger partial charge on any atom is 0.413 e. The van der Waals surface area contributed by atoms with Crippen LogP contribution in [0.5, 0.6) is 0 Å². The van der Waals surface area contributed by atoms with E-state index in [0.29, 0.717) is 51.1 Å². The van der Waals surface area contributed by atoms with Crippen LogP contribution in [0.25, 0.3) is 0 Å². The number of nitro benzene ring substituents is 2. The van der Waals surface area contributed by atoms with E-state index >= 15 is 0 Å². The molecule has 82 heavy (non-hydrogen) atoms. The van der Waals surface area contributed by atoms with Gasteiger partial charge < -0.3 is 19.9 Å². The first kappa shape index (κ1) is 63.5. The molecule has 19 nitrogen and oxygen atoms in total. The summed E-state index contributed by atoms with van der Waals surface area (Å²) in [5, 5.41) is 31.7. The number of nitrogens with one attached hydrogen (secondary N) is 3. The van der Waals surface area contributed by atoms with E-state index in [-0.39, 0.29) is 46.1 Å². The van der Waals surface area contributed by atoms with E-state index in [9.17, 15) is 47.8 Å². The summed E-state index contributed by atoms with van der Waals surface area (Å²) in [5.74, 6) is 1.09. The van der Waals surface area contributed by atoms with Gasteiger partial charge in [-0.3, -0.25) is 51.2 Å². The normalized spacial score (nSPS) is 25.1. The number of alkyl carbamates (subject to hydrolysis) is 3. The number of fused-ring (bicyclic) bond motifs is 3. The van der Waals surface area contributed by atoms with Gasteiger partial charge in [0.15, 0.2) is 15.5 Å². The van der Waals surface area contributed by atoms with Crippen LogP contribution in [0.15, 0.2) is 69.6 Å². The third-order valence-corrected chi connectivity index (χ3v) is 17.9. The number of rotatable bonds is 5. The molecule has 3 amide bonds. The zero-order valence-corrected chi connectivity index (χ0v) is 50.2. The van der Waals surface area contributed by atoms with Crippen LogP contribution in [0, 0.1) is 55.4 Å². The van der Waals surface area contributed by atoms with Gasteiger partial charge in [-0.2, -0.15) is 0 Å². The number of nitrogens with zero attached hydrogens (tertiary/aromatic N) is 5. The number of nitrogens with two attached hydrogens (primary N) is 1. The van der Waals surface area contributed by atoms with E-state index in [1.807, 2.05) is 20.8 Å². The number of halogens is 3. The minimum Gasteiger partial charge on any atom is -0.444 e. The molecule has 446 valence electrons. The molecule has 9 rings (SSSR count). The lowest BCUT2D eigenvalue weighted by Crippen LogP contribution is -2.45. The molecule has 3 unspecified atom stereocenters. The average molecular weight is 1200 g/mol. The van der Waals surface area contributed by atoms with Crippen LogP contribution in [0.2, 0.25) is 0 Å². The predicted molar refractivity (Wildman–Crippen MR) is 316 cm³/mol. The van der Waals surface area contributed by atoms with Crippen molar-refractivity contribution in [2.24, 2.45) is 32.7 Å². The van der Waals surface area contributed by atoms with Crippen molar-refractivity contribution in [3.63, 3.8) is 0 Å². The van der Waals surface area contributed by atoms with Crippen LogP contribution >= 0.6 is 35.3 Å². The number of nitro groups is 2. The number of nitrogen functional groups attached to an aromatic ring is 1. The maximum atomic E-state index is 14.8. The van der Waals surface area contributed by atoms with E-state index in [4.69, 9.17) is 34.9 Å². The molecule has 3 fully saturated rings. The molecule has 6 aliphatic rings. The maximum absolute atomic E-state index is 14.8. The highest BCUT2D eigenvalue weighted by Crippen LogP contribution is 2.53. The zero-order chi connectivity index (χ0) is 60.0. The van der Waals surface area contributed by atoms with Crippen molar-refractivity contribution >= 4 is 86.1 Å². The molecule has 0 bridgehead atoms. The number of non-ortho nitro benzene ring substituents is 2. The van der Waals surface area contributed by atoms with Gasteiger partial charge in [-0.1, -0.05) is 73.8 Å². The molecule has 0 aromatic heterocycles. The van der Waals surface area contributed by atoms with E-state index in [2.05, 4.69) is 16.0 Å². The minimum atomic E-state index is -0.913. The van der Waals surface area contributed by atoms with Crippen molar-refractivity contribution in [2.75, 3.05) is 23.0 Å². The predicted octanol–water partition coefficient (Wildman–Crippen LogP) is 13.9. The van der Waals surface area contributed by atoms with E-state index < -0.39 is 73.2 Å². The lowest BCUT2D eigenvalue weighted by molar-refractivity contribution is -0.385. The summed E-state index contributed by atoms with van der Waals surface area (Å²) in [6, 6.07) is 11.8. The Balaban J connectivity index is 0.000000177. The Morgan fingerprint density at radius 3 is 1.11 bits per heavy atom. The summed E-state index contributed by atoms with van der Waals surface area (Å²) in [6.07, 6.45) is 8.61. The van der Waals surface area contributed by atoms with Gasteiger partial charge in [-0.05, 0) is 149 Å². The Hall–Kier alpha value is -6.08. The number of carbonyl (C=O) groups excluding carboxylic acids is 3. The lowest BCUT2D eigenvalue weighted by Gasteiger charge is -2.44. The van der Waals surface area contributed by atoms with Gasteiger partial charge in [-0.15, -0.1) is 0 Å². The molecule has 3 heterocycles. The molecule has 3 aromatic carbocycles. The summed E-state index contributed by atoms with van der Waals surface area (Å²) >= 11 is 4.28. The van der Waals surface area contributed by atoms with Gasteiger partial charge in [-0.25, -0.2) is 27.6 Å². The first-order chi connectivity index (χ1) is 38.4. The molecule has 3 aliphatic carbocycles. The van der Waals surface area contributed by atoms with Gasteiger partial charge in [0.25, 0.3) is 11.4 Å². The molecule has 6 atom stereocenters. The van der Waals surface area contributed by atoms with Gasteiger partial charge in [0, 0.05) is 63.9 Å². The quantitative estimate of drug-likeness (QED) is 0.0801.